The van der Waals surface area contributed by atoms with Crippen molar-refractivity contribution in [3.05, 3.63) is 39.9 Å². The summed E-state index contributed by atoms with van der Waals surface area (Å²) in [5.74, 6) is -1.21. The summed E-state index contributed by atoms with van der Waals surface area (Å²) in [5.41, 5.74) is 0.471. The van der Waals surface area contributed by atoms with Crippen molar-refractivity contribution in [2.24, 2.45) is 0 Å². The van der Waals surface area contributed by atoms with E-state index in [0.29, 0.717) is 5.56 Å². The largest absolute Gasteiger partial charge is 0.480 e. The first-order valence-electron chi connectivity index (χ1n) is 5.83. The molecule has 9 heteroatoms. The molecule has 1 amide bonds. The van der Waals surface area contributed by atoms with E-state index in [1.54, 1.807) is 6.92 Å². The molecule has 1 atom stereocenters. The number of amides is 1. The summed E-state index contributed by atoms with van der Waals surface area (Å²) in [6, 6.07) is 4.29. The molecule has 2 N–H and O–H groups in total. The predicted molar refractivity (Wildman–Crippen MR) is 75.6 cm³/mol. The number of nitrogens with zero attached hydrogens (tertiary/aromatic N) is 1. The third-order valence-electron chi connectivity index (χ3n) is 2.45. The summed E-state index contributed by atoms with van der Waals surface area (Å²) in [4.78, 5) is 32.2. The molecule has 21 heavy (non-hydrogen) atoms. The van der Waals surface area contributed by atoms with Crippen molar-refractivity contribution in [3.8, 4) is 0 Å². The fourth-order valence-corrected chi connectivity index (χ4v) is 1.50. The van der Waals surface area contributed by atoms with E-state index in [0.717, 1.165) is 0 Å². The van der Waals surface area contributed by atoms with E-state index >= 15 is 0 Å². The zero-order chi connectivity index (χ0) is 15.1. The second kappa shape index (κ2) is 8.75. The number of nitrogens with one attached hydrogen (secondary N) is 1. The number of nitro groups is 1. The Morgan fingerprint density at radius 1 is 1.38 bits per heavy atom. The quantitative estimate of drug-likeness (QED) is 0.609. The van der Waals surface area contributed by atoms with Crippen LogP contribution in [0, 0.1) is 10.1 Å². The summed E-state index contributed by atoms with van der Waals surface area (Å²) in [5, 5.41) is 21.7. The molecule has 0 fully saturated rings. The number of carbonyl (C=O) groups is 2. The van der Waals surface area contributed by atoms with Crippen molar-refractivity contribution >= 4 is 30.2 Å². The Labute approximate surface area is 126 Å². The summed E-state index contributed by atoms with van der Waals surface area (Å²) < 4.78 is 4.61. The van der Waals surface area contributed by atoms with Crippen LogP contribution in [0.1, 0.15) is 12.5 Å². The van der Waals surface area contributed by atoms with Crippen LogP contribution in [0.5, 0.6) is 0 Å². The molecule has 0 radical (unpaired) electrons. The Kier molecular flexibility index (Phi) is 7.77. The SMILES string of the molecule is CCOC(=O)N[C@H](Cc1ccc([N+](=O)[O-])cc1)C(=O)O.Cl. The molecular weight excluding hydrogens is 304 g/mol. The zero-order valence-electron chi connectivity index (χ0n) is 11.1. The van der Waals surface area contributed by atoms with Gasteiger partial charge in [0.25, 0.3) is 5.69 Å². The first kappa shape index (κ1) is 18.7. The Morgan fingerprint density at radius 3 is 2.38 bits per heavy atom. The number of ether oxygens (including phenoxy) is 1. The number of carboxylic acid groups (broad SMARTS) is 1. The summed E-state index contributed by atoms with van der Waals surface area (Å²) in [6.07, 6.45) is -0.812. The van der Waals surface area contributed by atoms with E-state index in [1.165, 1.54) is 24.3 Å². The summed E-state index contributed by atoms with van der Waals surface area (Å²) in [6.45, 7) is 1.74. The van der Waals surface area contributed by atoms with Gasteiger partial charge in [-0.1, -0.05) is 12.1 Å². The van der Waals surface area contributed by atoms with E-state index in [2.05, 4.69) is 10.1 Å². The van der Waals surface area contributed by atoms with Gasteiger partial charge in [0, 0.05) is 18.6 Å². The monoisotopic (exact) mass is 318 g/mol. The molecule has 1 rings (SSSR count). The average molecular weight is 319 g/mol. The minimum atomic E-state index is -1.21. The van der Waals surface area contributed by atoms with Gasteiger partial charge < -0.3 is 15.2 Å². The molecule has 116 valence electrons. The molecule has 0 aliphatic carbocycles. The number of aliphatic carboxylic acids is 1. The van der Waals surface area contributed by atoms with Crippen LogP contribution in [0.4, 0.5) is 10.5 Å². The van der Waals surface area contributed by atoms with E-state index in [-0.39, 0.29) is 31.1 Å². The van der Waals surface area contributed by atoms with Gasteiger partial charge in [0.15, 0.2) is 0 Å². The van der Waals surface area contributed by atoms with Crippen LogP contribution in [-0.2, 0) is 16.0 Å². The van der Waals surface area contributed by atoms with Crippen LogP contribution in [0.25, 0.3) is 0 Å². The molecular formula is C12H15ClN2O6. The molecule has 0 aliphatic heterocycles. The van der Waals surface area contributed by atoms with Crippen molar-refractivity contribution in [2.75, 3.05) is 6.61 Å². The van der Waals surface area contributed by atoms with Gasteiger partial charge in [-0.05, 0) is 12.5 Å². The Bertz CT molecular complexity index is 505. The van der Waals surface area contributed by atoms with Gasteiger partial charge in [-0.3, -0.25) is 10.1 Å². The topological polar surface area (TPSA) is 119 Å². The fraction of sp³-hybridized carbons (Fsp3) is 0.333. The molecule has 8 nitrogen and oxygen atoms in total. The van der Waals surface area contributed by atoms with Gasteiger partial charge >= 0.3 is 12.1 Å². The number of hydrogen-bond acceptors (Lipinski definition) is 5. The lowest BCUT2D eigenvalue weighted by molar-refractivity contribution is -0.384. The number of hydrogen-bond donors (Lipinski definition) is 2. The number of carboxylic acids is 1. The van der Waals surface area contributed by atoms with E-state index in [9.17, 15) is 19.7 Å². The number of halogens is 1. The number of benzene rings is 1. The average Bonchev–Trinajstić information content (AvgIpc) is 2.38. The summed E-state index contributed by atoms with van der Waals surface area (Å²) in [7, 11) is 0. The second-order valence-electron chi connectivity index (χ2n) is 3.88. The molecule has 0 aliphatic rings. The number of nitro benzene ring substituents is 1. The zero-order valence-corrected chi connectivity index (χ0v) is 12.0. The van der Waals surface area contributed by atoms with Gasteiger partial charge in [-0.15, -0.1) is 12.4 Å². The second-order valence-corrected chi connectivity index (χ2v) is 3.88. The van der Waals surface area contributed by atoms with Crippen LogP contribution in [0.2, 0.25) is 0 Å². The molecule has 0 bridgehead atoms. The molecule has 0 saturated heterocycles. The van der Waals surface area contributed by atoms with Gasteiger partial charge in [0.2, 0.25) is 0 Å². The Morgan fingerprint density at radius 2 is 1.95 bits per heavy atom. The van der Waals surface area contributed by atoms with Gasteiger partial charge in [-0.2, -0.15) is 0 Å². The number of rotatable bonds is 6. The highest BCUT2D eigenvalue weighted by atomic mass is 35.5. The molecule has 0 spiro atoms. The standard InChI is InChI=1S/C12H14N2O6.ClH/c1-2-20-12(17)13-10(11(15)16)7-8-3-5-9(6-4-8)14(18)19;/h3-6,10H,2,7H2,1H3,(H,13,17)(H,15,16);1H/t10-;/m1./s1. The number of non-ortho nitro benzene ring substituents is 1. The molecule has 1 aromatic carbocycles. The molecule has 0 saturated carbocycles. The maximum Gasteiger partial charge on any atom is 0.407 e. The maximum atomic E-state index is 11.2. The third kappa shape index (κ3) is 6.09. The first-order chi connectivity index (χ1) is 9.43. The Balaban J connectivity index is 0.00000400. The number of carbonyl (C=O) groups excluding carboxylic acids is 1. The van der Waals surface area contributed by atoms with Gasteiger partial charge in [-0.25, -0.2) is 9.59 Å². The van der Waals surface area contributed by atoms with Crippen LogP contribution < -0.4 is 5.32 Å². The van der Waals surface area contributed by atoms with Crippen molar-refractivity contribution in [1.29, 1.82) is 0 Å². The highest BCUT2D eigenvalue weighted by molar-refractivity contribution is 5.85. The molecule has 1 aromatic rings. The van der Waals surface area contributed by atoms with Crippen LogP contribution >= 0.6 is 12.4 Å². The van der Waals surface area contributed by atoms with E-state index in [1.807, 2.05) is 0 Å². The molecule has 0 aromatic heterocycles. The van der Waals surface area contributed by atoms with Crippen LogP contribution in [0.15, 0.2) is 24.3 Å². The molecule has 0 unspecified atom stereocenters. The minimum Gasteiger partial charge on any atom is -0.480 e. The lowest BCUT2D eigenvalue weighted by atomic mass is 10.1. The lowest BCUT2D eigenvalue weighted by Crippen LogP contribution is -2.42. The fourth-order valence-electron chi connectivity index (χ4n) is 1.50. The minimum absolute atomic E-state index is 0. The highest BCUT2D eigenvalue weighted by Crippen LogP contribution is 2.13. The third-order valence-corrected chi connectivity index (χ3v) is 2.45. The first-order valence-corrected chi connectivity index (χ1v) is 5.83. The van der Waals surface area contributed by atoms with Crippen molar-refractivity contribution in [3.63, 3.8) is 0 Å². The maximum absolute atomic E-state index is 11.2. The van der Waals surface area contributed by atoms with Crippen LogP contribution in [-0.4, -0.2) is 34.7 Å². The number of alkyl carbamates (subject to hydrolysis) is 1. The van der Waals surface area contributed by atoms with E-state index in [4.69, 9.17) is 5.11 Å². The summed E-state index contributed by atoms with van der Waals surface area (Å²) >= 11 is 0. The van der Waals surface area contributed by atoms with Gasteiger partial charge in [0.1, 0.15) is 6.04 Å². The highest BCUT2D eigenvalue weighted by Gasteiger charge is 2.21. The van der Waals surface area contributed by atoms with E-state index < -0.39 is 23.0 Å². The van der Waals surface area contributed by atoms with Crippen LogP contribution in [0.3, 0.4) is 0 Å². The van der Waals surface area contributed by atoms with Crippen molar-refractivity contribution in [2.45, 2.75) is 19.4 Å². The van der Waals surface area contributed by atoms with Crippen molar-refractivity contribution in [1.82, 2.24) is 5.32 Å². The smallest absolute Gasteiger partial charge is 0.407 e. The Hall–Kier alpha value is -2.35. The predicted octanol–water partition coefficient (Wildman–Crippen LogP) is 1.76. The molecule has 0 heterocycles. The lowest BCUT2D eigenvalue weighted by Gasteiger charge is -2.14. The normalized spacial score (nSPS) is 10.9. The van der Waals surface area contributed by atoms with Gasteiger partial charge in [0.05, 0.1) is 11.5 Å². The van der Waals surface area contributed by atoms with Crippen molar-refractivity contribution < 1.29 is 24.4 Å².